The first-order chi connectivity index (χ1) is 32.3. The van der Waals surface area contributed by atoms with Crippen molar-refractivity contribution in [2.45, 2.75) is 0 Å². The third kappa shape index (κ3) is 4.66. The van der Waals surface area contributed by atoms with Gasteiger partial charge in [0.25, 0.3) is 0 Å². The Hall–Kier alpha value is -9.01. The Bertz CT molecular complexity index is 4280. The maximum atomic E-state index is 6.81. The van der Waals surface area contributed by atoms with Crippen LogP contribution in [-0.2, 0) is 0 Å². The quantitative estimate of drug-likeness (QED) is 0.176. The van der Waals surface area contributed by atoms with Gasteiger partial charge in [0.2, 0.25) is 11.9 Å². The molecule has 8 nitrogen and oxygen atoms in total. The Morgan fingerprint density at radius 1 is 0.308 bits per heavy atom. The number of benzene rings is 9. The van der Waals surface area contributed by atoms with Crippen LogP contribution in [0.1, 0.15) is 0 Å². The summed E-state index contributed by atoms with van der Waals surface area (Å²) >= 11 is 0. The van der Waals surface area contributed by atoms with Crippen LogP contribution >= 0.6 is 0 Å². The minimum absolute atomic E-state index is 0.468. The zero-order valence-corrected chi connectivity index (χ0v) is 34.5. The maximum absolute atomic E-state index is 6.81. The highest BCUT2D eigenvalue weighted by molar-refractivity contribution is 6.23. The average Bonchev–Trinajstić information content (AvgIpc) is 4.18. The molecule has 0 saturated carbocycles. The molecule has 0 bridgehead atoms. The first-order valence-electron chi connectivity index (χ1n) is 21.8. The summed E-state index contributed by atoms with van der Waals surface area (Å²) in [4.78, 5) is 16.7. The van der Waals surface area contributed by atoms with Crippen LogP contribution in [0, 0.1) is 0 Å². The Labute approximate surface area is 368 Å². The highest BCUT2D eigenvalue weighted by atomic mass is 16.3. The Morgan fingerprint density at radius 2 is 0.754 bits per heavy atom. The van der Waals surface area contributed by atoms with Gasteiger partial charge in [-0.1, -0.05) is 133 Å². The lowest BCUT2D eigenvalue weighted by atomic mass is 10.1. The number of nitrogens with zero attached hydrogens (tertiary/aromatic N) is 6. The van der Waals surface area contributed by atoms with Crippen LogP contribution in [0.4, 0.5) is 0 Å². The van der Waals surface area contributed by atoms with Crippen molar-refractivity contribution in [1.29, 1.82) is 0 Å². The van der Waals surface area contributed by atoms with E-state index in [1.54, 1.807) is 0 Å². The molecule has 0 unspecified atom stereocenters. The summed E-state index contributed by atoms with van der Waals surface area (Å²) in [6.07, 6.45) is 0. The summed E-state index contributed by atoms with van der Waals surface area (Å²) in [5, 5.41) is 10.6. The highest BCUT2D eigenvalue weighted by Gasteiger charge is 2.26. The van der Waals surface area contributed by atoms with Crippen molar-refractivity contribution in [1.82, 2.24) is 28.7 Å². The molecule has 6 aromatic heterocycles. The molecule has 302 valence electrons. The van der Waals surface area contributed by atoms with Crippen molar-refractivity contribution in [3.63, 3.8) is 0 Å². The molecule has 9 aromatic carbocycles. The van der Waals surface area contributed by atoms with E-state index in [1.807, 2.05) is 24.3 Å². The highest BCUT2D eigenvalue weighted by Crippen LogP contribution is 2.44. The van der Waals surface area contributed by atoms with Gasteiger partial charge in [0.05, 0.1) is 22.1 Å². The van der Waals surface area contributed by atoms with E-state index in [0.29, 0.717) is 17.7 Å². The Kier molecular flexibility index (Phi) is 6.80. The molecule has 0 aliphatic carbocycles. The van der Waals surface area contributed by atoms with Crippen molar-refractivity contribution in [3.05, 3.63) is 194 Å². The van der Waals surface area contributed by atoms with Crippen molar-refractivity contribution >= 4 is 109 Å². The van der Waals surface area contributed by atoms with Gasteiger partial charge in [0.1, 0.15) is 22.2 Å². The third-order valence-electron chi connectivity index (χ3n) is 13.3. The first-order valence-corrected chi connectivity index (χ1v) is 21.8. The normalized spacial score (nSPS) is 12.3. The third-order valence-corrected chi connectivity index (χ3v) is 13.3. The minimum atomic E-state index is 0.468. The summed E-state index contributed by atoms with van der Waals surface area (Å²) in [5.74, 6) is 1.48. The molecule has 0 aliphatic heterocycles. The van der Waals surface area contributed by atoms with Crippen LogP contribution in [0.5, 0.6) is 0 Å². The molecule has 0 amide bonds. The summed E-state index contributed by atoms with van der Waals surface area (Å²) in [6.45, 7) is 0. The van der Waals surface area contributed by atoms with Gasteiger partial charge >= 0.3 is 0 Å². The van der Waals surface area contributed by atoms with E-state index >= 15 is 0 Å². The lowest BCUT2D eigenvalue weighted by molar-refractivity contribution is 0.670. The average molecular weight is 833 g/mol. The van der Waals surface area contributed by atoms with Crippen LogP contribution in [0.2, 0.25) is 0 Å². The van der Waals surface area contributed by atoms with Gasteiger partial charge in [-0.15, -0.1) is 0 Å². The fraction of sp³-hybridized carbons (Fsp3) is 0. The molecule has 65 heavy (non-hydrogen) atoms. The van der Waals surface area contributed by atoms with Crippen LogP contribution in [0.15, 0.2) is 203 Å². The summed E-state index contributed by atoms with van der Waals surface area (Å²) in [6, 6.07) is 67.6. The van der Waals surface area contributed by atoms with Crippen LogP contribution in [0.3, 0.4) is 0 Å². The molecule has 0 spiro atoms. The number of hydrogen-bond acceptors (Lipinski definition) is 5. The van der Waals surface area contributed by atoms with Crippen molar-refractivity contribution in [2.75, 3.05) is 0 Å². The zero-order valence-electron chi connectivity index (χ0n) is 34.5. The fourth-order valence-corrected chi connectivity index (χ4v) is 10.6. The second-order valence-corrected chi connectivity index (χ2v) is 16.7. The Balaban J connectivity index is 1.12. The van der Waals surface area contributed by atoms with Crippen molar-refractivity contribution < 1.29 is 8.83 Å². The molecule has 6 heterocycles. The number of hydrogen-bond donors (Lipinski definition) is 0. The number of aromatic nitrogens is 6. The van der Waals surface area contributed by atoms with E-state index in [2.05, 4.69) is 184 Å². The molecular formula is C57H32N6O2. The standard InChI is InChI=1S/C57H32N6O2/c1-2-15-33(16-3-1)61-46-25-11-6-21-42(46)50-43(22-14-26-47(50)61)55-58-56(62-44-23-9-4-17-34(44)38-29-31-40-36-19-7-12-27-48(36)64-53(40)51(38)62)60-57(59-55)63-45-24-10-5-18-35(45)39-30-32-41-37-20-8-13-28-49(37)65-54(41)52(39)63/h1-32H. The first kappa shape index (κ1) is 34.6. The topological polar surface area (TPSA) is 79.7 Å². The molecule has 8 heteroatoms. The van der Waals surface area contributed by atoms with Crippen molar-refractivity contribution in [2.24, 2.45) is 0 Å². The van der Waals surface area contributed by atoms with Crippen LogP contribution < -0.4 is 0 Å². The monoisotopic (exact) mass is 832 g/mol. The molecule has 0 aliphatic rings. The molecule has 0 radical (unpaired) electrons. The van der Waals surface area contributed by atoms with Gasteiger partial charge in [-0.25, -0.2) is 0 Å². The molecule has 0 saturated heterocycles. The van der Waals surface area contributed by atoms with E-state index < -0.39 is 0 Å². The predicted molar refractivity (Wildman–Crippen MR) is 263 cm³/mol. The lowest BCUT2D eigenvalue weighted by Crippen LogP contribution is -2.10. The lowest BCUT2D eigenvalue weighted by Gasteiger charge is -2.13. The van der Waals surface area contributed by atoms with E-state index in [0.717, 1.165) is 121 Å². The molecule has 0 N–H and O–H groups in total. The van der Waals surface area contributed by atoms with Crippen LogP contribution in [0.25, 0.3) is 138 Å². The predicted octanol–water partition coefficient (Wildman–Crippen LogP) is 14.6. The van der Waals surface area contributed by atoms with Crippen molar-refractivity contribution in [3.8, 4) is 29.0 Å². The fourth-order valence-electron chi connectivity index (χ4n) is 10.6. The summed E-state index contributed by atoms with van der Waals surface area (Å²) in [7, 11) is 0. The molecule has 15 aromatic rings. The number of fused-ring (bicyclic) bond motifs is 17. The van der Waals surface area contributed by atoms with E-state index in [4.69, 9.17) is 23.8 Å². The van der Waals surface area contributed by atoms with Crippen LogP contribution in [-0.4, -0.2) is 28.7 Å². The molecule has 15 rings (SSSR count). The largest absolute Gasteiger partial charge is 0.454 e. The Morgan fingerprint density at radius 3 is 1.32 bits per heavy atom. The van der Waals surface area contributed by atoms with Gasteiger partial charge in [-0.05, 0) is 60.7 Å². The molecule has 0 atom stereocenters. The number of furan rings is 2. The van der Waals surface area contributed by atoms with E-state index in [9.17, 15) is 0 Å². The second-order valence-electron chi connectivity index (χ2n) is 16.7. The smallest absolute Gasteiger partial charge is 0.240 e. The summed E-state index contributed by atoms with van der Waals surface area (Å²) in [5.41, 5.74) is 11.0. The minimum Gasteiger partial charge on any atom is -0.454 e. The second kappa shape index (κ2) is 12.8. The van der Waals surface area contributed by atoms with Gasteiger partial charge in [0, 0.05) is 65.1 Å². The van der Waals surface area contributed by atoms with Gasteiger partial charge in [-0.3, -0.25) is 9.13 Å². The zero-order chi connectivity index (χ0) is 42.3. The SMILES string of the molecule is c1ccc(-n2c3ccccc3c3c(-c4nc(-n5c6ccccc6c6ccc7c8ccccc8oc7c65)nc(-n5c6ccccc6c6ccc7c8ccccc8oc7c65)n4)cccc32)cc1. The maximum Gasteiger partial charge on any atom is 0.240 e. The van der Waals surface area contributed by atoms with Gasteiger partial charge < -0.3 is 13.4 Å². The van der Waals surface area contributed by atoms with Gasteiger partial charge in [-0.2, -0.15) is 15.0 Å². The molecular weight excluding hydrogens is 801 g/mol. The van der Waals surface area contributed by atoms with E-state index in [1.165, 1.54) is 0 Å². The van der Waals surface area contributed by atoms with Gasteiger partial charge in [0.15, 0.2) is 17.0 Å². The number of para-hydroxylation sites is 6. The van der Waals surface area contributed by atoms with E-state index in [-0.39, 0.29) is 0 Å². The molecule has 0 fully saturated rings. The summed E-state index contributed by atoms with van der Waals surface area (Å²) < 4.78 is 20.3. The number of rotatable bonds is 4.